The summed E-state index contributed by atoms with van der Waals surface area (Å²) in [4.78, 5) is 27.6. The van der Waals surface area contributed by atoms with Gasteiger partial charge in [-0.05, 0) is 24.1 Å². The quantitative estimate of drug-likeness (QED) is 0.590. The third kappa shape index (κ3) is 3.57. The lowest BCUT2D eigenvalue weighted by atomic mass is 9.94. The largest absolute Gasteiger partial charge is 0.487 e. The van der Waals surface area contributed by atoms with E-state index in [1.54, 1.807) is 29.8 Å². The third-order valence-electron chi connectivity index (χ3n) is 6.28. The molecule has 170 valence electrons. The second-order valence-electron chi connectivity index (χ2n) is 8.19. The molecule has 0 saturated carbocycles. The maximum atomic E-state index is 13.4. The fourth-order valence-electron chi connectivity index (χ4n) is 4.60. The van der Waals surface area contributed by atoms with Crippen molar-refractivity contribution in [1.29, 1.82) is 0 Å². The van der Waals surface area contributed by atoms with E-state index in [0.29, 0.717) is 48.5 Å². The van der Waals surface area contributed by atoms with Crippen LogP contribution in [0.2, 0.25) is 5.02 Å². The summed E-state index contributed by atoms with van der Waals surface area (Å²) in [5, 5.41) is 2.62. The van der Waals surface area contributed by atoms with Gasteiger partial charge in [-0.3, -0.25) is 19.3 Å². The van der Waals surface area contributed by atoms with Crippen LogP contribution in [0.5, 0.6) is 5.75 Å². The van der Waals surface area contributed by atoms with Crippen molar-refractivity contribution in [2.45, 2.75) is 19.6 Å². The Bertz CT molecular complexity index is 1290. The highest BCUT2D eigenvalue weighted by molar-refractivity contribution is 6.32. The van der Waals surface area contributed by atoms with Gasteiger partial charge in [0.15, 0.2) is 5.43 Å². The van der Waals surface area contributed by atoms with Gasteiger partial charge >= 0.3 is 0 Å². The van der Waals surface area contributed by atoms with Crippen LogP contribution >= 0.6 is 11.6 Å². The number of benzene rings is 2. The molecule has 0 saturated heterocycles. The van der Waals surface area contributed by atoms with E-state index in [-0.39, 0.29) is 17.4 Å². The predicted molar refractivity (Wildman–Crippen MR) is 126 cm³/mol. The summed E-state index contributed by atoms with van der Waals surface area (Å²) in [6.07, 6.45) is 1.68. The van der Waals surface area contributed by atoms with Gasteiger partial charge in [-0.2, -0.15) is 0 Å². The molecule has 33 heavy (non-hydrogen) atoms. The van der Waals surface area contributed by atoms with Crippen LogP contribution in [0.15, 0.2) is 59.5 Å². The van der Waals surface area contributed by atoms with Crippen molar-refractivity contribution >= 4 is 17.5 Å². The molecule has 2 aliphatic rings. The zero-order valence-electron chi connectivity index (χ0n) is 18.5. The Kier molecular flexibility index (Phi) is 5.60. The van der Waals surface area contributed by atoms with Gasteiger partial charge in [0.05, 0.1) is 11.6 Å². The van der Waals surface area contributed by atoms with Crippen LogP contribution in [-0.2, 0) is 11.3 Å². The molecule has 1 unspecified atom stereocenters. The van der Waals surface area contributed by atoms with Gasteiger partial charge in [-0.25, -0.2) is 0 Å². The Balaban J connectivity index is 1.76. The van der Waals surface area contributed by atoms with Gasteiger partial charge in [0.2, 0.25) is 0 Å². The standard InChI is InChI=1S/C25H24ClN3O4/c1-16-21(30)10-11-28-22(16)25(31)27(12-13-32-2)15-29(28)23-18-7-4-3-6-17(18)14-33-24-19(23)8-5-9-20(24)26/h3-11,23H,12-15H2,1-2H3. The number of methoxy groups -OCH3 is 1. The first-order chi connectivity index (χ1) is 16.0. The Morgan fingerprint density at radius 1 is 1.09 bits per heavy atom. The first-order valence-electron chi connectivity index (χ1n) is 10.8. The van der Waals surface area contributed by atoms with Crippen molar-refractivity contribution in [3.8, 4) is 5.75 Å². The lowest BCUT2D eigenvalue weighted by molar-refractivity contribution is 0.0618. The molecule has 1 atom stereocenters. The second-order valence-corrected chi connectivity index (χ2v) is 8.60. The van der Waals surface area contributed by atoms with Crippen LogP contribution in [-0.4, -0.2) is 42.4 Å². The number of rotatable bonds is 4. The summed E-state index contributed by atoms with van der Waals surface area (Å²) in [5.41, 5.74) is 3.60. The maximum Gasteiger partial charge on any atom is 0.274 e. The molecule has 0 N–H and O–H groups in total. The number of pyridine rings is 1. The third-order valence-corrected chi connectivity index (χ3v) is 6.58. The minimum absolute atomic E-state index is 0.170. The monoisotopic (exact) mass is 465 g/mol. The first-order valence-corrected chi connectivity index (χ1v) is 11.2. The fraction of sp³-hybridized carbons (Fsp3) is 0.280. The summed E-state index contributed by atoms with van der Waals surface area (Å²) in [7, 11) is 1.60. The number of carbonyl (C=O) groups excluding carboxylic acids is 1. The number of ether oxygens (including phenoxy) is 2. The van der Waals surface area contributed by atoms with E-state index in [9.17, 15) is 9.59 Å². The van der Waals surface area contributed by atoms with Gasteiger partial charge in [-0.1, -0.05) is 48.0 Å². The molecule has 0 fully saturated rings. The first kappa shape index (κ1) is 21.6. The van der Waals surface area contributed by atoms with E-state index in [1.807, 2.05) is 36.4 Å². The van der Waals surface area contributed by atoms with E-state index < -0.39 is 0 Å². The number of hydrogen-bond donors (Lipinski definition) is 0. The van der Waals surface area contributed by atoms with Crippen molar-refractivity contribution in [3.63, 3.8) is 0 Å². The van der Waals surface area contributed by atoms with Gasteiger partial charge in [-0.15, -0.1) is 0 Å². The zero-order valence-corrected chi connectivity index (χ0v) is 19.2. The molecule has 0 spiro atoms. The van der Waals surface area contributed by atoms with Crippen LogP contribution < -0.4 is 15.2 Å². The Labute approximate surface area is 196 Å². The Morgan fingerprint density at radius 2 is 1.88 bits per heavy atom. The van der Waals surface area contributed by atoms with Crippen LogP contribution in [0.25, 0.3) is 0 Å². The molecule has 0 bridgehead atoms. The predicted octanol–water partition coefficient (Wildman–Crippen LogP) is 3.49. The Morgan fingerprint density at radius 3 is 2.70 bits per heavy atom. The molecule has 0 aliphatic carbocycles. The van der Waals surface area contributed by atoms with Crippen LogP contribution in [0.1, 0.15) is 38.8 Å². The molecule has 7 nitrogen and oxygen atoms in total. The summed E-state index contributed by atoms with van der Waals surface area (Å²) in [6.45, 7) is 3.19. The molecule has 5 rings (SSSR count). The van der Waals surface area contributed by atoms with Crippen LogP contribution in [0.3, 0.4) is 0 Å². The number of fused-ring (bicyclic) bond motifs is 3. The van der Waals surface area contributed by atoms with Gasteiger partial charge in [0.25, 0.3) is 5.91 Å². The molecular weight excluding hydrogens is 442 g/mol. The average molecular weight is 466 g/mol. The highest BCUT2D eigenvalue weighted by Crippen LogP contribution is 2.43. The number of nitrogens with zero attached hydrogens (tertiary/aromatic N) is 3. The number of hydrogen-bond acceptors (Lipinski definition) is 5. The summed E-state index contributed by atoms with van der Waals surface area (Å²) >= 11 is 6.56. The van der Waals surface area contributed by atoms with Crippen molar-refractivity contribution in [1.82, 2.24) is 9.58 Å². The SMILES string of the molecule is COCCN1CN(C2c3ccccc3COc3c(Cl)cccc32)n2ccc(=O)c(C)c2C1=O. The van der Waals surface area contributed by atoms with E-state index >= 15 is 0 Å². The smallest absolute Gasteiger partial charge is 0.274 e. The van der Waals surface area contributed by atoms with Gasteiger partial charge in [0, 0.05) is 37.0 Å². The maximum absolute atomic E-state index is 13.4. The average Bonchev–Trinajstić information content (AvgIpc) is 2.98. The normalized spacial score (nSPS) is 17.1. The fourth-order valence-corrected chi connectivity index (χ4v) is 4.84. The zero-order chi connectivity index (χ0) is 23.1. The minimum Gasteiger partial charge on any atom is -0.487 e. The molecule has 3 heterocycles. The number of aromatic nitrogens is 1. The summed E-state index contributed by atoms with van der Waals surface area (Å²) in [6, 6.07) is 15.0. The van der Waals surface area contributed by atoms with Crippen LogP contribution in [0, 0.1) is 6.92 Å². The molecule has 2 aromatic carbocycles. The van der Waals surface area contributed by atoms with Gasteiger partial charge < -0.3 is 14.4 Å². The number of carbonyl (C=O) groups is 1. The molecule has 1 aromatic heterocycles. The number of amides is 1. The lowest BCUT2D eigenvalue weighted by Crippen LogP contribution is -2.56. The number of halogens is 1. The minimum atomic E-state index is -0.295. The number of para-hydroxylation sites is 1. The van der Waals surface area contributed by atoms with Gasteiger partial charge in [0.1, 0.15) is 30.8 Å². The molecule has 2 aliphatic heterocycles. The van der Waals surface area contributed by atoms with Crippen molar-refractivity contribution in [3.05, 3.63) is 97.9 Å². The molecule has 8 heteroatoms. The van der Waals surface area contributed by atoms with E-state index in [4.69, 9.17) is 21.1 Å². The molecular formula is C25H24ClN3O4. The second kappa shape index (κ2) is 8.57. The Hall–Kier alpha value is -3.29. The molecule has 3 aromatic rings. The van der Waals surface area contributed by atoms with Crippen molar-refractivity contribution < 1.29 is 14.3 Å². The molecule has 1 amide bonds. The van der Waals surface area contributed by atoms with E-state index in [1.165, 1.54) is 6.07 Å². The molecule has 0 radical (unpaired) electrons. The lowest BCUT2D eigenvalue weighted by Gasteiger charge is -2.44. The van der Waals surface area contributed by atoms with Crippen LogP contribution in [0.4, 0.5) is 0 Å². The van der Waals surface area contributed by atoms with Crippen molar-refractivity contribution in [2.24, 2.45) is 0 Å². The summed E-state index contributed by atoms with van der Waals surface area (Å²) in [5.74, 6) is 0.433. The highest BCUT2D eigenvalue weighted by Gasteiger charge is 2.38. The topological polar surface area (TPSA) is 64.0 Å². The van der Waals surface area contributed by atoms with E-state index in [0.717, 1.165) is 16.7 Å². The highest BCUT2D eigenvalue weighted by atomic mass is 35.5. The summed E-state index contributed by atoms with van der Waals surface area (Å²) < 4.78 is 13.2. The van der Waals surface area contributed by atoms with Crippen molar-refractivity contribution in [2.75, 3.05) is 31.9 Å². The van der Waals surface area contributed by atoms with E-state index in [2.05, 4.69) is 11.1 Å².